The van der Waals surface area contributed by atoms with Gasteiger partial charge < -0.3 is 5.32 Å². The molecule has 1 amide bonds. The average Bonchev–Trinajstić information content (AvgIpc) is 3.56. The normalized spacial score (nSPS) is 29.0. The van der Waals surface area contributed by atoms with E-state index < -0.39 is 9.84 Å². The molecule has 9 heteroatoms. The number of sulfone groups is 1. The highest BCUT2D eigenvalue weighted by molar-refractivity contribution is 7.90. The Hall–Kier alpha value is -1.78. The van der Waals surface area contributed by atoms with Crippen LogP contribution in [0, 0.1) is 5.92 Å². The van der Waals surface area contributed by atoms with E-state index in [1.807, 2.05) is 17.5 Å². The first-order valence-electron chi connectivity index (χ1n) is 11.8. The van der Waals surface area contributed by atoms with Crippen molar-refractivity contribution in [3.8, 4) is 0 Å². The maximum absolute atomic E-state index is 13.4. The molecular weight excluding hydrogens is 456 g/mol. The summed E-state index contributed by atoms with van der Waals surface area (Å²) in [6.07, 6.45) is 6.30. The summed E-state index contributed by atoms with van der Waals surface area (Å²) in [6, 6.07) is 9.52. The number of hydrogen-bond acceptors (Lipinski definition) is 7. The zero-order valence-electron chi connectivity index (χ0n) is 18.9. The fraction of sp³-hybridized carbons (Fsp3) is 0.542. The first-order chi connectivity index (χ1) is 15.9. The second kappa shape index (κ2) is 9.46. The number of hydrogen-bond donors (Lipinski definition) is 3. The SMILES string of the molecule is CS(=O)(=O)c1cccc(C2NNC3CCC(NC(=O)C(c4ccsc4)N4CCCC4)CC32)c1. The molecule has 1 aromatic carbocycles. The smallest absolute Gasteiger partial charge is 0.242 e. The molecule has 1 aliphatic carbocycles. The summed E-state index contributed by atoms with van der Waals surface area (Å²) < 4.78 is 24.1. The van der Waals surface area contributed by atoms with E-state index >= 15 is 0 Å². The van der Waals surface area contributed by atoms with Gasteiger partial charge >= 0.3 is 0 Å². The molecule has 0 bridgehead atoms. The number of fused-ring (bicyclic) bond motifs is 1. The highest BCUT2D eigenvalue weighted by Crippen LogP contribution is 2.39. The van der Waals surface area contributed by atoms with Gasteiger partial charge in [-0.05, 0) is 91.2 Å². The van der Waals surface area contributed by atoms with Crippen molar-refractivity contribution in [3.63, 3.8) is 0 Å². The maximum atomic E-state index is 13.4. The van der Waals surface area contributed by atoms with E-state index in [2.05, 4.69) is 32.5 Å². The molecule has 33 heavy (non-hydrogen) atoms. The van der Waals surface area contributed by atoms with Crippen molar-refractivity contribution in [3.05, 3.63) is 52.2 Å². The fourth-order valence-corrected chi connectivity index (χ4v) is 7.05. The van der Waals surface area contributed by atoms with Crippen LogP contribution in [0.3, 0.4) is 0 Å². The first kappa shape index (κ1) is 23.0. The zero-order chi connectivity index (χ0) is 23.0. The lowest BCUT2D eigenvalue weighted by Crippen LogP contribution is -2.47. The number of carbonyl (C=O) groups excluding carboxylic acids is 1. The van der Waals surface area contributed by atoms with Crippen LogP contribution in [0.15, 0.2) is 46.0 Å². The number of nitrogens with zero attached hydrogens (tertiary/aromatic N) is 1. The van der Waals surface area contributed by atoms with Crippen LogP contribution in [0.25, 0.3) is 0 Å². The molecule has 3 aliphatic rings. The van der Waals surface area contributed by atoms with E-state index in [1.54, 1.807) is 23.5 Å². The largest absolute Gasteiger partial charge is 0.352 e. The molecule has 1 aromatic heterocycles. The second-order valence-electron chi connectivity index (χ2n) is 9.60. The number of hydrazine groups is 1. The third-order valence-corrected chi connectivity index (χ3v) is 9.17. The van der Waals surface area contributed by atoms with E-state index in [1.165, 1.54) is 6.26 Å². The highest BCUT2D eigenvalue weighted by Gasteiger charge is 2.42. The molecule has 7 nitrogen and oxygen atoms in total. The Morgan fingerprint density at radius 2 is 2.00 bits per heavy atom. The van der Waals surface area contributed by atoms with E-state index in [0.717, 1.165) is 56.3 Å². The predicted molar refractivity (Wildman–Crippen MR) is 129 cm³/mol. The molecule has 2 saturated heterocycles. The summed E-state index contributed by atoms with van der Waals surface area (Å²) in [4.78, 5) is 16.1. The van der Waals surface area contributed by atoms with Crippen molar-refractivity contribution in [2.24, 2.45) is 5.92 Å². The molecule has 1 saturated carbocycles. The first-order valence-corrected chi connectivity index (χ1v) is 14.6. The molecule has 5 unspecified atom stereocenters. The number of nitrogens with one attached hydrogen (secondary N) is 3. The minimum absolute atomic E-state index is 0.0163. The quantitative estimate of drug-likeness (QED) is 0.579. The van der Waals surface area contributed by atoms with E-state index in [0.29, 0.717) is 10.9 Å². The van der Waals surface area contributed by atoms with Gasteiger partial charge in [-0.25, -0.2) is 13.8 Å². The van der Waals surface area contributed by atoms with Gasteiger partial charge in [0.1, 0.15) is 6.04 Å². The van der Waals surface area contributed by atoms with Gasteiger partial charge in [0, 0.05) is 18.3 Å². The van der Waals surface area contributed by atoms with Gasteiger partial charge in [-0.1, -0.05) is 12.1 Å². The standard InChI is InChI=1S/C24H32N4O3S2/c1-33(30,31)19-6-4-5-16(13-19)22-20-14-18(7-8-21(20)26-27-22)25-24(29)23(17-9-12-32-15-17)28-10-2-3-11-28/h4-6,9,12-13,15,18,20-23,26-27H,2-3,7-8,10-11,14H2,1H3,(H,25,29). The molecule has 5 atom stereocenters. The lowest BCUT2D eigenvalue weighted by molar-refractivity contribution is -0.127. The number of likely N-dealkylation sites (tertiary alicyclic amines) is 1. The monoisotopic (exact) mass is 488 g/mol. The molecule has 0 spiro atoms. The molecule has 3 N–H and O–H groups in total. The van der Waals surface area contributed by atoms with Crippen LogP contribution < -0.4 is 16.2 Å². The van der Waals surface area contributed by atoms with E-state index in [4.69, 9.17) is 0 Å². The summed E-state index contributed by atoms with van der Waals surface area (Å²) in [5.41, 5.74) is 8.86. The Morgan fingerprint density at radius 3 is 2.73 bits per heavy atom. The van der Waals surface area contributed by atoms with Crippen molar-refractivity contribution in [2.45, 2.75) is 61.2 Å². The fourth-order valence-electron chi connectivity index (χ4n) is 5.70. The van der Waals surface area contributed by atoms with E-state index in [9.17, 15) is 13.2 Å². The lowest BCUT2D eigenvalue weighted by atomic mass is 9.77. The van der Waals surface area contributed by atoms with E-state index in [-0.39, 0.29) is 30.0 Å². The van der Waals surface area contributed by atoms with Crippen LogP contribution in [0.2, 0.25) is 0 Å². The van der Waals surface area contributed by atoms with Crippen molar-refractivity contribution in [1.82, 2.24) is 21.1 Å². The molecule has 3 fully saturated rings. The summed E-state index contributed by atoms with van der Waals surface area (Å²) in [6.45, 7) is 1.94. The number of benzene rings is 1. The average molecular weight is 489 g/mol. The van der Waals surface area contributed by atoms with Gasteiger partial charge in [-0.2, -0.15) is 11.3 Å². The van der Waals surface area contributed by atoms with Crippen LogP contribution in [0.1, 0.15) is 55.3 Å². The third-order valence-electron chi connectivity index (χ3n) is 7.36. The van der Waals surface area contributed by atoms with Crippen molar-refractivity contribution >= 4 is 27.1 Å². The van der Waals surface area contributed by atoms with Crippen LogP contribution in [0.5, 0.6) is 0 Å². The number of amides is 1. The van der Waals surface area contributed by atoms with Crippen molar-refractivity contribution < 1.29 is 13.2 Å². The zero-order valence-corrected chi connectivity index (χ0v) is 20.5. The third kappa shape index (κ3) is 4.88. The van der Waals surface area contributed by atoms with Gasteiger partial charge in [0.2, 0.25) is 5.91 Å². The molecule has 0 radical (unpaired) electrons. The van der Waals surface area contributed by atoms with Gasteiger partial charge in [0.25, 0.3) is 0 Å². The Labute approximate surface area is 199 Å². The predicted octanol–water partition coefficient (Wildman–Crippen LogP) is 2.79. The van der Waals surface area contributed by atoms with Crippen LogP contribution in [0.4, 0.5) is 0 Å². The minimum atomic E-state index is -3.26. The number of carbonyl (C=O) groups is 1. The molecule has 2 aromatic rings. The number of thiophene rings is 1. The van der Waals surface area contributed by atoms with Crippen LogP contribution >= 0.6 is 11.3 Å². The minimum Gasteiger partial charge on any atom is -0.352 e. The van der Waals surface area contributed by atoms with Gasteiger partial charge in [-0.15, -0.1) is 0 Å². The Morgan fingerprint density at radius 1 is 1.18 bits per heavy atom. The summed E-state index contributed by atoms with van der Waals surface area (Å²) in [7, 11) is -3.26. The van der Waals surface area contributed by atoms with Gasteiger partial charge in [0.05, 0.1) is 10.9 Å². The molecule has 2 aliphatic heterocycles. The Bertz CT molecular complexity index is 1080. The molecule has 5 rings (SSSR count). The molecule has 178 valence electrons. The summed E-state index contributed by atoms with van der Waals surface area (Å²) >= 11 is 1.64. The maximum Gasteiger partial charge on any atom is 0.242 e. The summed E-state index contributed by atoms with van der Waals surface area (Å²) in [5.74, 6) is 0.388. The van der Waals surface area contributed by atoms with Crippen LogP contribution in [-0.2, 0) is 14.6 Å². The Balaban J connectivity index is 1.30. The van der Waals surface area contributed by atoms with Gasteiger partial charge in [-0.3, -0.25) is 15.1 Å². The molecular formula is C24H32N4O3S2. The summed E-state index contributed by atoms with van der Waals surface area (Å²) in [5, 5.41) is 7.51. The second-order valence-corrected chi connectivity index (χ2v) is 12.4. The number of rotatable bonds is 6. The topological polar surface area (TPSA) is 90.5 Å². The highest BCUT2D eigenvalue weighted by atomic mass is 32.2. The Kier molecular flexibility index (Phi) is 6.59. The molecule has 3 heterocycles. The van der Waals surface area contributed by atoms with Gasteiger partial charge in [0.15, 0.2) is 9.84 Å². The van der Waals surface area contributed by atoms with Crippen LogP contribution in [-0.4, -0.2) is 50.7 Å². The van der Waals surface area contributed by atoms with Crippen molar-refractivity contribution in [1.29, 1.82) is 0 Å². The van der Waals surface area contributed by atoms with Crippen molar-refractivity contribution in [2.75, 3.05) is 19.3 Å². The lowest BCUT2D eigenvalue weighted by Gasteiger charge is -2.35.